The molecule has 0 spiro atoms. The molecule has 1 aliphatic rings. The first-order chi connectivity index (χ1) is 14.6. The predicted molar refractivity (Wildman–Crippen MR) is 126 cm³/mol. The SMILES string of the molecule is CCNC(=NCc1ccc(C(=O)N(C)C)cc1)N1CCC(CSc2ccccc2)C1. The van der Waals surface area contributed by atoms with Crippen molar-refractivity contribution in [1.29, 1.82) is 0 Å². The number of carbonyl (C=O) groups excluding carboxylic acids is 1. The third-order valence-corrected chi connectivity index (χ3v) is 6.41. The molecule has 0 saturated carbocycles. The molecular weight excluding hydrogens is 392 g/mol. The smallest absolute Gasteiger partial charge is 0.253 e. The molecule has 1 saturated heterocycles. The summed E-state index contributed by atoms with van der Waals surface area (Å²) in [6.07, 6.45) is 1.20. The predicted octanol–water partition coefficient (Wildman–Crippen LogP) is 3.97. The van der Waals surface area contributed by atoms with Gasteiger partial charge >= 0.3 is 0 Å². The second-order valence-corrected chi connectivity index (χ2v) is 8.88. The van der Waals surface area contributed by atoms with Crippen LogP contribution in [0.4, 0.5) is 0 Å². The molecule has 1 aliphatic heterocycles. The van der Waals surface area contributed by atoms with E-state index in [1.54, 1.807) is 19.0 Å². The molecule has 1 N–H and O–H groups in total. The minimum atomic E-state index is 0.0230. The molecule has 160 valence electrons. The zero-order valence-corrected chi connectivity index (χ0v) is 19.0. The van der Waals surface area contributed by atoms with Crippen LogP contribution in [0.5, 0.6) is 0 Å². The van der Waals surface area contributed by atoms with Crippen LogP contribution < -0.4 is 5.32 Å². The summed E-state index contributed by atoms with van der Waals surface area (Å²) in [7, 11) is 3.54. The Morgan fingerprint density at radius 1 is 1.17 bits per heavy atom. The van der Waals surface area contributed by atoms with Gasteiger partial charge in [-0.3, -0.25) is 4.79 Å². The van der Waals surface area contributed by atoms with Crippen LogP contribution in [0.3, 0.4) is 0 Å². The zero-order chi connectivity index (χ0) is 21.3. The van der Waals surface area contributed by atoms with E-state index in [1.165, 1.54) is 11.3 Å². The molecule has 1 heterocycles. The first kappa shape index (κ1) is 22.2. The van der Waals surface area contributed by atoms with E-state index in [0.29, 0.717) is 18.0 Å². The monoisotopic (exact) mass is 424 g/mol. The number of likely N-dealkylation sites (tertiary alicyclic amines) is 1. The molecular formula is C24H32N4OS. The molecule has 6 heteroatoms. The Morgan fingerprint density at radius 3 is 2.57 bits per heavy atom. The van der Waals surface area contributed by atoms with Crippen molar-refractivity contribution in [3.63, 3.8) is 0 Å². The van der Waals surface area contributed by atoms with Crippen LogP contribution in [0, 0.1) is 5.92 Å². The van der Waals surface area contributed by atoms with Gasteiger partial charge in [0, 0.05) is 49.9 Å². The van der Waals surface area contributed by atoms with Crippen molar-refractivity contribution in [2.75, 3.05) is 39.5 Å². The van der Waals surface area contributed by atoms with E-state index in [0.717, 1.165) is 36.9 Å². The highest BCUT2D eigenvalue weighted by atomic mass is 32.2. The van der Waals surface area contributed by atoms with Crippen molar-refractivity contribution in [3.05, 3.63) is 65.7 Å². The number of nitrogens with zero attached hydrogens (tertiary/aromatic N) is 3. The highest BCUT2D eigenvalue weighted by Crippen LogP contribution is 2.26. The van der Waals surface area contributed by atoms with Crippen molar-refractivity contribution < 1.29 is 4.79 Å². The summed E-state index contributed by atoms with van der Waals surface area (Å²) in [5.74, 6) is 2.82. The fourth-order valence-corrected chi connectivity index (χ4v) is 4.54. The minimum Gasteiger partial charge on any atom is -0.357 e. The number of hydrogen-bond acceptors (Lipinski definition) is 3. The first-order valence-electron chi connectivity index (χ1n) is 10.6. The van der Waals surface area contributed by atoms with Gasteiger partial charge in [-0.1, -0.05) is 30.3 Å². The van der Waals surface area contributed by atoms with Gasteiger partial charge in [0.1, 0.15) is 0 Å². The quantitative estimate of drug-likeness (QED) is 0.415. The Labute approximate surface area is 184 Å². The van der Waals surface area contributed by atoms with E-state index in [2.05, 4.69) is 47.5 Å². The van der Waals surface area contributed by atoms with Gasteiger partial charge in [0.25, 0.3) is 5.91 Å². The lowest BCUT2D eigenvalue weighted by atomic mass is 10.1. The topological polar surface area (TPSA) is 47.9 Å². The van der Waals surface area contributed by atoms with Crippen molar-refractivity contribution in [1.82, 2.24) is 15.1 Å². The van der Waals surface area contributed by atoms with Crippen LogP contribution in [0.1, 0.15) is 29.3 Å². The molecule has 0 aliphatic carbocycles. The number of carbonyl (C=O) groups is 1. The highest BCUT2D eigenvalue weighted by Gasteiger charge is 2.24. The Balaban J connectivity index is 1.56. The first-order valence-corrected chi connectivity index (χ1v) is 11.6. The largest absolute Gasteiger partial charge is 0.357 e. The third kappa shape index (κ3) is 6.26. The maximum absolute atomic E-state index is 12.0. The number of rotatable bonds is 7. The number of hydrogen-bond donors (Lipinski definition) is 1. The number of thioether (sulfide) groups is 1. The van der Waals surface area contributed by atoms with E-state index < -0.39 is 0 Å². The van der Waals surface area contributed by atoms with Gasteiger partial charge in [0.05, 0.1) is 6.54 Å². The fraction of sp³-hybridized carbons (Fsp3) is 0.417. The van der Waals surface area contributed by atoms with E-state index in [4.69, 9.17) is 4.99 Å². The molecule has 1 amide bonds. The van der Waals surface area contributed by atoms with E-state index in [1.807, 2.05) is 36.0 Å². The molecule has 5 nitrogen and oxygen atoms in total. The van der Waals surface area contributed by atoms with Crippen LogP contribution in [-0.4, -0.2) is 61.1 Å². The van der Waals surface area contributed by atoms with Gasteiger partial charge in [-0.25, -0.2) is 4.99 Å². The molecule has 1 atom stereocenters. The average molecular weight is 425 g/mol. The maximum atomic E-state index is 12.0. The summed E-state index contributed by atoms with van der Waals surface area (Å²) >= 11 is 1.94. The Morgan fingerprint density at radius 2 is 1.90 bits per heavy atom. The Bertz CT molecular complexity index is 836. The number of amides is 1. The standard InChI is InChI=1S/C24H32N4OS/c1-4-25-24(26-16-19-10-12-21(13-11-19)23(29)27(2)3)28-15-14-20(17-28)18-30-22-8-6-5-7-9-22/h5-13,20H,4,14-18H2,1-3H3,(H,25,26). The average Bonchev–Trinajstić information content (AvgIpc) is 3.24. The number of aliphatic imine (C=N–C) groups is 1. The van der Waals surface area contributed by atoms with Crippen molar-refractivity contribution in [3.8, 4) is 0 Å². The summed E-state index contributed by atoms with van der Waals surface area (Å²) in [5.41, 5.74) is 1.81. The second kappa shape index (κ2) is 11.1. The Kier molecular flexibility index (Phi) is 8.20. The maximum Gasteiger partial charge on any atom is 0.253 e. The summed E-state index contributed by atoms with van der Waals surface area (Å²) in [6.45, 7) is 5.66. The molecule has 2 aromatic carbocycles. The molecule has 0 aromatic heterocycles. The summed E-state index contributed by atoms with van der Waals surface area (Å²) in [4.78, 5) is 22.2. The van der Waals surface area contributed by atoms with E-state index in [9.17, 15) is 4.79 Å². The summed E-state index contributed by atoms with van der Waals surface area (Å²) in [5, 5.41) is 3.44. The lowest BCUT2D eigenvalue weighted by Crippen LogP contribution is -2.40. The van der Waals surface area contributed by atoms with Crippen LogP contribution in [0.25, 0.3) is 0 Å². The molecule has 0 bridgehead atoms. The number of guanidine groups is 1. The summed E-state index contributed by atoms with van der Waals surface area (Å²) in [6, 6.07) is 18.4. The van der Waals surface area contributed by atoms with Gasteiger partial charge in [-0.05, 0) is 49.1 Å². The molecule has 30 heavy (non-hydrogen) atoms. The molecule has 1 fully saturated rings. The Hall–Kier alpha value is -2.47. The molecule has 3 rings (SSSR count). The van der Waals surface area contributed by atoms with Gasteiger partial charge in [-0.2, -0.15) is 0 Å². The molecule has 0 radical (unpaired) electrons. The highest BCUT2D eigenvalue weighted by molar-refractivity contribution is 7.99. The van der Waals surface area contributed by atoms with E-state index in [-0.39, 0.29) is 5.91 Å². The van der Waals surface area contributed by atoms with Crippen molar-refractivity contribution in [2.24, 2.45) is 10.9 Å². The van der Waals surface area contributed by atoms with Crippen LogP contribution in [0.2, 0.25) is 0 Å². The zero-order valence-electron chi connectivity index (χ0n) is 18.2. The lowest BCUT2D eigenvalue weighted by Gasteiger charge is -2.21. The lowest BCUT2D eigenvalue weighted by molar-refractivity contribution is 0.0827. The van der Waals surface area contributed by atoms with Crippen molar-refractivity contribution in [2.45, 2.75) is 24.8 Å². The third-order valence-electron chi connectivity index (χ3n) is 5.17. The second-order valence-electron chi connectivity index (χ2n) is 7.79. The van der Waals surface area contributed by atoms with E-state index >= 15 is 0 Å². The van der Waals surface area contributed by atoms with Crippen LogP contribution in [-0.2, 0) is 6.54 Å². The normalized spacial score (nSPS) is 16.6. The van der Waals surface area contributed by atoms with Gasteiger partial charge in [0.2, 0.25) is 0 Å². The number of nitrogens with one attached hydrogen (secondary N) is 1. The van der Waals surface area contributed by atoms with Crippen molar-refractivity contribution >= 4 is 23.6 Å². The van der Waals surface area contributed by atoms with Gasteiger partial charge in [-0.15, -0.1) is 11.8 Å². The molecule has 1 unspecified atom stereocenters. The minimum absolute atomic E-state index is 0.0230. The van der Waals surface area contributed by atoms with Gasteiger partial charge in [0.15, 0.2) is 5.96 Å². The van der Waals surface area contributed by atoms with Crippen LogP contribution >= 0.6 is 11.8 Å². The van der Waals surface area contributed by atoms with Crippen LogP contribution in [0.15, 0.2) is 64.5 Å². The van der Waals surface area contributed by atoms with Gasteiger partial charge < -0.3 is 15.1 Å². The number of benzene rings is 2. The molecule has 2 aromatic rings. The summed E-state index contributed by atoms with van der Waals surface area (Å²) < 4.78 is 0. The fourth-order valence-electron chi connectivity index (χ4n) is 3.49.